The number of anilines is 1. The third-order valence-electron chi connectivity index (χ3n) is 4.72. The van der Waals surface area contributed by atoms with Gasteiger partial charge in [0.05, 0.1) is 11.7 Å². The molecule has 0 saturated carbocycles. The van der Waals surface area contributed by atoms with E-state index in [0.29, 0.717) is 11.6 Å². The van der Waals surface area contributed by atoms with E-state index in [4.69, 9.17) is 0 Å². The first-order chi connectivity index (χ1) is 11.1. The molecule has 1 aliphatic rings. The second-order valence-electron chi connectivity index (χ2n) is 8.34. The predicted molar refractivity (Wildman–Crippen MR) is 95.4 cm³/mol. The van der Waals surface area contributed by atoms with Gasteiger partial charge in [0.25, 0.3) is 5.91 Å². The number of rotatable bonds is 1. The monoisotopic (exact) mass is 326 g/mol. The fraction of sp³-hybridized carbons (Fsp3) is 0.526. The lowest BCUT2D eigenvalue weighted by molar-refractivity contribution is 0.0949. The summed E-state index contributed by atoms with van der Waals surface area (Å²) in [7, 11) is 0. The Bertz CT molecular complexity index is 770. The molecule has 0 fully saturated rings. The summed E-state index contributed by atoms with van der Waals surface area (Å²) in [5, 5.41) is 8.28. The van der Waals surface area contributed by atoms with E-state index in [1.807, 2.05) is 43.9 Å². The predicted octanol–water partition coefficient (Wildman–Crippen LogP) is 3.97. The van der Waals surface area contributed by atoms with Gasteiger partial charge in [-0.3, -0.25) is 4.79 Å². The normalized spacial score (nSPS) is 19.9. The maximum atomic E-state index is 13.2. The van der Waals surface area contributed by atoms with Crippen molar-refractivity contribution in [3.63, 3.8) is 0 Å². The fourth-order valence-electron chi connectivity index (χ4n) is 3.57. The van der Waals surface area contributed by atoms with E-state index in [9.17, 15) is 4.79 Å². The maximum absolute atomic E-state index is 13.2. The van der Waals surface area contributed by atoms with E-state index in [0.717, 1.165) is 12.1 Å². The highest BCUT2D eigenvalue weighted by Crippen LogP contribution is 2.43. The average Bonchev–Trinajstić information content (AvgIpc) is 2.96. The van der Waals surface area contributed by atoms with Crippen LogP contribution >= 0.6 is 0 Å². The molecule has 1 unspecified atom stereocenters. The summed E-state index contributed by atoms with van der Waals surface area (Å²) in [4.78, 5) is 15.1. The van der Waals surface area contributed by atoms with Crippen LogP contribution in [0.25, 0.3) is 0 Å². The molecule has 1 aromatic carbocycles. The van der Waals surface area contributed by atoms with Crippen molar-refractivity contribution < 1.29 is 4.79 Å². The summed E-state index contributed by atoms with van der Waals surface area (Å²) < 4.78 is 1.74. The van der Waals surface area contributed by atoms with Crippen LogP contribution in [0.2, 0.25) is 0 Å². The molecule has 0 aliphatic carbocycles. The molecule has 5 heteroatoms. The van der Waals surface area contributed by atoms with Crippen molar-refractivity contribution in [1.82, 2.24) is 15.0 Å². The van der Waals surface area contributed by atoms with Gasteiger partial charge in [0.2, 0.25) is 0 Å². The van der Waals surface area contributed by atoms with Gasteiger partial charge < -0.3 is 4.90 Å². The SMILES string of the molecule is CC1CC(C)(C)N(C(=O)c2cn(C(C)(C)C)nn2)c2ccccc21. The van der Waals surface area contributed by atoms with Gasteiger partial charge >= 0.3 is 0 Å². The smallest absolute Gasteiger partial charge is 0.280 e. The van der Waals surface area contributed by atoms with Crippen LogP contribution < -0.4 is 4.90 Å². The Labute approximate surface area is 143 Å². The van der Waals surface area contributed by atoms with Crippen LogP contribution in [-0.4, -0.2) is 26.4 Å². The lowest BCUT2D eigenvalue weighted by atomic mass is 9.80. The second-order valence-corrected chi connectivity index (χ2v) is 8.34. The topological polar surface area (TPSA) is 51.0 Å². The summed E-state index contributed by atoms with van der Waals surface area (Å²) in [6.07, 6.45) is 2.67. The van der Waals surface area contributed by atoms with Crippen LogP contribution in [0.1, 0.15) is 69.9 Å². The highest BCUT2D eigenvalue weighted by atomic mass is 16.2. The summed E-state index contributed by atoms with van der Waals surface area (Å²) in [6, 6.07) is 8.16. The molecule has 5 nitrogen and oxygen atoms in total. The van der Waals surface area contributed by atoms with Gasteiger partial charge in [-0.1, -0.05) is 30.3 Å². The molecule has 0 spiro atoms. The van der Waals surface area contributed by atoms with Crippen LogP contribution in [0.5, 0.6) is 0 Å². The van der Waals surface area contributed by atoms with Crippen molar-refractivity contribution in [2.75, 3.05) is 4.90 Å². The van der Waals surface area contributed by atoms with Gasteiger partial charge in [-0.15, -0.1) is 5.10 Å². The van der Waals surface area contributed by atoms with Crippen LogP contribution in [0.15, 0.2) is 30.5 Å². The van der Waals surface area contributed by atoms with Gasteiger partial charge in [-0.05, 0) is 58.6 Å². The fourth-order valence-corrected chi connectivity index (χ4v) is 3.57. The Kier molecular flexibility index (Phi) is 3.78. The van der Waals surface area contributed by atoms with Crippen molar-refractivity contribution >= 4 is 11.6 Å². The Morgan fingerprint density at radius 3 is 2.54 bits per heavy atom. The zero-order chi connectivity index (χ0) is 17.7. The van der Waals surface area contributed by atoms with E-state index in [2.05, 4.69) is 37.1 Å². The molecule has 1 atom stereocenters. The number of carbonyl (C=O) groups excluding carboxylic acids is 1. The van der Waals surface area contributed by atoms with Gasteiger partial charge in [0.15, 0.2) is 5.69 Å². The number of hydrogen-bond donors (Lipinski definition) is 0. The largest absolute Gasteiger partial charge is 0.301 e. The number of amides is 1. The molecule has 0 radical (unpaired) electrons. The van der Waals surface area contributed by atoms with E-state index in [-0.39, 0.29) is 17.0 Å². The maximum Gasteiger partial charge on any atom is 0.280 e. The first-order valence-electron chi connectivity index (χ1n) is 8.47. The Morgan fingerprint density at radius 1 is 1.25 bits per heavy atom. The van der Waals surface area contributed by atoms with Crippen molar-refractivity contribution in [2.24, 2.45) is 0 Å². The number of hydrogen-bond acceptors (Lipinski definition) is 3. The molecule has 1 aliphatic heterocycles. The minimum Gasteiger partial charge on any atom is -0.301 e. The van der Waals surface area contributed by atoms with E-state index in [1.165, 1.54) is 5.56 Å². The molecule has 24 heavy (non-hydrogen) atoms. The van der Waals surface area contributed by atoms with E-state index in [1.54, 1.807) is 10.9 Å². The van der Waals surface area contributed by atoms with Crippen molar-refractivity contribution in [3.05, 3.63) is 41.7 Å². The number of fused-ring (bicyclic) bond motifs is 1. The highest BCUT2D eigenvalue weighted by molar-refractivity contribution is 6.06. The standard InChI is InChI=1S/C19H26N4O/c1-13-11-19(5,6)23(16-10-8-7-9-14(13)16)17(24)15-12-22(21-20-15)18(2,3)4/h7-10,12-13H,11H2,1-6H3. The number of para-hydroxylation sites is 1. The van der Waals surface area contributed by atoms with Crippen LogP contribution in [0.4, 0.5) is 5.69 Å². The zero-order valence-corrected chi connectivity index (χ0v) is 15.4. The molecule has 0 bridgehead atoms. The van der Waals surface area contributed by atoms with Crippen molar-refractivity contribution in [3.8, 4) is 0 Å². The van der Waals surface area contributed by atoms with Crippen LogP contribution in [-0.2, 0) is 5.54 Å². The molecule has 1 amide bonds. The molecule has 1 aromatic heterocycles. The first-order valence-corrected chi connectivity index (χ1v) is 8.47. The second kappa shape index (κ2) is 5.43. The lowest BCUT2D eigenvalue weighted by Gasteiger charge is -2.45. The van der Waals surface area contributed by atoms with Gasteiger partial charge in [0.1, 0.15) is 0 Å². The average molecular weight is 326 g/mol. The highest BCUT2D eigenvalue weighted by Gasteiger charge is 2.41. The van der Waals surface area contributed by atoms with Crippen molar-refractivity contribution in [1.29, 1.82) is 0 Å². The lowest BCUT2D eigenvalue weighted by Crippen LogP contribution is -2.51. The Hall–Kier alpha value is -2.17. The van der Waals surface area contributed by atoms with Gasteiger partial charge in [-0.25, -0.2) is 4.68 Å². The third kappa shape index (κ3) is 2.72. The number of carbonyl (C=O) groups is 1. The number of aromatic nitrogens is 3. The minimum absolute atomic E-state index is 0.0881. The van der Waals surface area contributed by atoms with Gasteiger partial charge in [-0.2, -0.15) is 0 Å². The summed E-state index contributed by atoms with van der Waals surface area (Å²) in [6.45, 7) is 12.6. The molecule has 3 rings (SSSR count). The van der Waals surface area contributed by atoms with Crippen LogP contribution in [0.3, 0.4) is 0 Å². The molecular weight excluding hydrogens is 300 g/mol. The third-order valence-corrected chi connectivity index (χ3v) is 4.72. The molecule has 128 valence electrons. The minimum atomic E-state index is -0.267. The van der Waals surface area contributed by atoms with Crippen molar-refractivity contribution in [2.45, 2.75) is 65.0 Å². The van der Waals surface area contributed by atoms with E-state index < -0.39 is 0 Å². The summed E-state index contributed by atoms with van der Waals surface area (Å²) in [5.41, 5.74) is 2.12. The molecule has 0 N–H and O–H groups in total. The zero-order valence-electron chi connectivity index (χ0n) is 15.4. The molecule has 2 aromatic rings. The van der Waals surface area contributed by atoms with Gasteiger partial charge in [0, 0.05) is 11.2 Å². The number of nitrogens with zero attached hydrogens (tertiary/aromatic N) is 4. The quantitative estimate of drug-likeness (QED) is 0.797. The molecular formula is C19H26N4O. The molecule has 0 saturated heterocycles. The number of benzene rings is 1. The Morgan fingerprint density at radius 2 is 1.92 bits per heavy atom. The Balaban J connectivity index is 2.05. The molecule has 2 heterocycles. The van der Waals surface area contributed by atoms with Crippen LogP contribution in [0, 0.1) is 0 Å². The van der Waals surface area contributed by atoms with E-state index >= 15 is 0 Å². The first kappa shape index (κ1) is 16.7. The summed E-state index contributed by atoms with van der Waals surface area (Å²) in [5.74, 6) is 0.334. The summed E-state index contributed by atoms with van der Waals surface area (Å²) >= 11 is 0.